The lowest BCUT2D eigenvalue weighted by atomic mass is 10.2. The summed E-state index contributed by atoms with van der Waals surface area (Å²) in [6.45, 7) is -4.53. The third-order valence-electron chi connectivity index (χ3n) is 1.79. The fourth-order valence-electron chi connectivity index (χ4n) is 1.20. The zero-order valence-electron chi connectivity index (χ0n) is 9.38. The monoisotopic (exact) mass is 313 g/mol. The van der Waals surface area contributed by atoms with E-state index in [2.05, 4.69) is 15.0 Å². The Morgan fingerprint density at radius 3 is 2.05 bits per heavy atom. The second-order valence-electron chi connectivity index (χ2n) is 2.97. The van der Waals surface area contributed by atoms with Crippen LogP contribution in [0.5, 0.6) is 0 Å². The number of benzene rings is 1. The molecule has 11 heteroatoms. The number of hydrogen-bond acceptors (Lipinski definition) is 7. The normalized spacial score (nSPS) is 9.75. The van der Waals surface area contributed by atoms with Crippen molar-refractivity contribution in [2.24, 2.45) is 15.0 Å². The van der Waals surface area contributed by atoms with Crippen LogP contribution in [-0.4, -0.2) is 28.0 Å². The van der Waals surface area contributed by atoms with Gasteiger partial charge in [-0.2, -0.15) is 15.0 Å². The minimum absolute atomic E-state index is 0.0981. The van der Waals surface area contributed by atoms with Gasteiger partial charge in [0.1, 0.15) is 11.4 Å². The smallest absolute Gasteiger partial charge is 0.321 e. The van der Waals surface area contributed by atoms with Crippen LogP contribution in [0.25, 0.3) is 0 Å². The average Bonchev–Trinajstić information content (AvgIpc) is 2.35. The number of aliphatic imine (C=N–C) groups is 3. The predicted octanol–water partition coefficient (Wildman–Crippen LogP) is 0.0525. The van der Waals surface area contributed by atoms with Crippen LogP contribution < -0.4 is 4.89 Å². The van der Waals surface area contributed by atoms with Crippen molar-refractivity contribution in [1.82, 2.24) is 0 Å². The van der Waals surface area contributed by atoms with Gasteiger partial charge in [0.25, 0.3) is 4.90 Å². The molecule has 0 spiro atoms. The van der Waals surface area contributed by atoms with E-state index in [1.54, 1.807) is 0 Å². The first-order valence-electron chi connectivity index (χ1n) is 4.58. The van der Waals surface area contributed by atoms with Gasteiger partial charge < -0.3 is 14.7 Å². The molecule has 0 aromatic heterocycles. The molecule has 0 aliphatic heterocycles. The highest BCUT2D eigenvalue weighted by Crippen LogP contribution is 2.42. The highest BCUT2D eigenvalue weighted by Gasteiger charge is 2.22. The van der Waals surface area contributed by atoms with Gasteiger partial charge in [0.05, 0.1) is 0 Å². The maximum atomic E-state index is 11.0. The Morgan fingerprint density at radius 2 is 1.55 bits per heavy atom. The summed E-state index contributed by atoms with van der Waals surface area (Å²) >= 11 is 0. The second-order valence-corrected chi connectivity index (χ2v) is 6.55. The fraction of sp³-hybridized carbons (Fsp3) is 0. The molecule has 0 fully saturated rings. The van der Waals surface area contributed by atoms with Crippen LogP contribution in [0.2, 0.25) is 0 Å². The standard InChI is InChI=1S/C9H4N3O6PS/c13-3-10-6-1-2-7(20-19(16,17)18)9(12-5-15)8(6)11-4-14/h1-2H,(H2-,16,17,18). The van der Waals surface area contributed by atoms with E-state index in [-0.39, 0.29) is 32.9 Å². The highest BCUT2D eigenvalue weighted by atomic mass is 32.5. The van der Waals surface area contributed by atoms with Crippen LogP contribution in [0.15, 0.2) is 32.0 Å². The SMILES string of the molecule is O=C=Nc1ccc([S+]=P([O-])(O)O)c(N=C=O)c1N=C=O. The van der Waals surface area contributed by atoms with Gasteiger partial charge in [0, 0.05) is 6.07 Å². The first kappa shape index (κ1) is 15.9. The summed E-state index contributed by atoms with van der Waals surface area (Å²) < 4.78 is 0. The van der Waals surface area contributed by atoms with Gasteiger partial charge in [-0.25, -0.2) is 14.4 Å². The van der Waals surface area contributed by atoms with Crippen LogP contribution >= 0.6 is 6.72 Å². The number of isocyanates is 3. The molecule has 2 N–H and O–H groups in total. The summed E-state index contributed by atoms with van der Waals surface area (Å²) in [5, 5.41) is 0. The van der Waals surface area contributed by atoms with Gasteiger partial charge in [-0.1, -0.05) is 0 Å². The molecular weight excluding hydrogens is 309 g/mol. The van der Waals surface area contributed by atoms with Crippen molar-refractivity contribution in [3.05, 3.63) is 12.1 Å². The molecule has 1 aromatic rings. The van der Waals surface area contributed by atoms with Crippen molar-refractivity contribution in [3.63, 3.8) is 0 Å². The Morgan fingerprint density at radius 1 is 1.00 bits per heavy atom. The Bertz CT molecular complexity index is 730. The minimum Gasteiger partial charge on any atom is -0.742 e. The Kier molecular flexibility index (Phi) is 5.49. The van der Waals surface area contributed by atoms with Crippen molar-refractivity contribution in [3.8, 4) is 0 Å². The molecule has 1 rings (SSSR count). The lowest BCUT2D eigenvalue weighted by Gasteiger charge is -2.03. The summed E-state index contributed by atoms with van der Waals surface area (Å²) in [5.74, 6) is 0. The van der Waals surface area contributed by atoms with Gasteiger partial charge >= 0.3 is 6.72 Å². The molecule has 0 aliphatic rings. The molecule has 0 unspecified atom stereocenters. The molecule has 0 atom stereocenters. The number of nitrogens with zero attached hydrogens (tertiary/aromatic N) is 3. The molecule has 0 saturated carbocycles. The Balaban J connectivity index is 3.82. The van der Waals surface area contributed by atoms with Crippen LogP contribution in [0.4, 0.5) is 17.1 Å². The van der Waals surface area contributed by atoms with Gasteiger partial charge in [-0.3, -0.25) is 0 Å². The van der Waals surface area contributed by atoms with E-state index >= 15 is 0 Å². The third-order valence-corrected chi connectivity index (χ3v) is 3.86. The third kappa shape index (κ3) is 4.22. The van der Waals surface area contributed by atoms with E-state index in [4.69, 9.17) is 9.79 Å². The van der Waals surface area contributed by atoms with Crippen molar-refractivity contribution in [1.29, 1.82) is 0 Å². The van der Waals surface area contributed by atoms with E-state index in [9.17, 15) is 19.3 Å². The summed E-state index contributed by atoms with van der Waals surface area (Å²) in [6.07, 6.45) is 3.53. The van der Waals surface area contributed by atoms with Crippen LogP contribution in [0.1, 0.15) is 0 Å². The van der Waals surface area contributed by atoms with Crippen molar-refractivity contribution in [2.45, 2.75) is 4.90 Å². The molecule has 9 nitrogen and oxygen atoms in total. The summed E-state index contributed by atoms with van der Waals surface area (Å²) in [5.41, 5.74) is -0.856. The van der Waals surface area contributed by atoms with Crippen LogP contribution in [0, 0.1) is 0 Å². The van der Waals surface area contributed by atoms with Crippen LogP contribution in [-0.2, 0) is 25.3 Å². The zero-order valence-corrected chi connectivity index (χ0v) is 11.1. The first-order valence-corrected chi connectivity index (χ1v) is 7.62. The molecule has 0 aliphatic carbocycles. The van der Waals surface area contributed by atoms with Gasteiger partial charge in [0.15, 0.2) is 5.69 Å². The van der Waals surface area contributed by atoms with Gasteiger partial charge in [-0.05, 0) is 6.07 Å². The largest absolute Gasteiger partial charge is 0.742 e. The molecule has 0 saturated heterocycles. The Labute approximate surface area is 114 Å². The number of hydrogen-bond donors (Lipinski definition) is 2. The summed E-state index contributed by atoms with van der Waals surface area (Å²) in [7, 11) is 0.0981. The summed E-state index contributed by atoms with van der Waals surface area (Å²) in [4.78, 5) is 69.3. The molecule has 1 aromatic carbocycles. The van der Waals surface area contributed by atoms with Crippen LogP contribution in [0.3, 0.4) is 0 Å². The van der Waals surface area contributed by atoms with E-state index in [1.807, 2.05) is 0 Å². The van der Waals surface area contributed by atoms with E-state index in [0.717, 1.165) is 24.3 Å². The van der Waals surface area contributed by atoms with E-state index in [1.165, 1.54) is 6.08 Å². The zero-order chi connectivity index (χ0) is 15.2. The molecule has 0 heterocycles. The highest BCUT2D eigenvalue weighted by molar-refractivity contribution is 8.16. The number of carbonyl (C=O) groups excluding carboxylic acids is 3. The lowest BCUT2D eigenvalue weighted by Crippen LogP contribution is -1.98. The molecule has 0 bridgehead atoms. The molecule has 0 radical (unpaired) electrons. The van der Waals surface area contributed by atoms with Gasteiger partial charge in [0.2, 0.25) is 29.2 Å². The lowest BCUT2D eigenvalue weighted by molar-refractivity contribution is -0.196. The van der Waals surface area contributed by atoms with Crippen molar-refractivity contribution in [2.75, 3.05) is 0 Å². The predicted molar refractivity (Wildman–Crippen MR) is 66.8 cm³/mol. The maximum Gasteiger partial charge on any atom is 0.321 e. The Hall–Kier alpha value is -2.11. The minimum atomic E-state index is -4.53. The van der Waals surface area contributed by atoms with Gasteiger partial charge in [-0.15, -0.1) is 0 Å². The first-order chi connectivity index (χ1) is 9.42. The molecular formula is C9H4N3O6PS. The fourth-order valence-corrected chi connectivity index (χ4v) is 3.03. The molecule has 20 heavy (non-hydrogen) atoms. The van der Waals surface area contributed by atoms with Crippen molar-refractivity contribution >= 4 is 53.0 Å². The topological polar surface area (TPSA) is 152 Å². The quantitative estimate of drug-likeness (QED) is 0.347. The second kappa shape index (κ2) is 6.88. The number of rotatable bonds is 4. The molecule has 102 valence electrons. The molecule has 0 amide bonds. The average molecular weight is 313 g/mol. The van der Waals surface area contributed by atoms with E-state index in [0.29, 0.717) is 0 Å². The maximum absolute atomic E-state index is 11.0. The summed E-state index contributed by atoms with van der Waals surface area (Å²) in [6, 6.07) is 2.31. The van der Waals surface area contributed by atoms with E-state index < -0.39 is 6.72 Å². The van der Waals surface area contributed by atoms with Crippen molar-refractivity contribution < 1.29 is 29.1 Å².